The van der Waals surface area contributed by atoms with Crippen molar-refractivity contribution in [1.29, 1.82) is 0 Å². The highest BCUT2D eigenvalue weighted by Crippen LogP contribution is 2.23. The molecule has 1 aromatic rings. The van der Waals surface area contributed by atoms with E-state index in [1.54, 1.807) is 11.8 Å². The molecule has 0 radical (unpaired) electrons. The molecule has 0 heterocycles. The lowest BCUT2D eigenvalue weighted by Gasteiger charge is -2.14. The lowest BCUT2D eigenvalue weighted by atomic mass is 10.1. The summed E-state index contributed by atoms with van der Waals surface area (Å²) in [5, 5.41) is 5.65. The quantitative estimate of drug-likeness (QED) is 0.852. The molecule has 2 N–H and O–H groups in total. The van der Waals surface area contributed by atoms with E-state index in [9.17, 15) is 9.59 Å². The zero-order valence-corrected chi connectivity index (χ0v) is 11.9. The van der Waals surface area contributed by atoms with Crippen LogP contribution in [0.5, 0.6) is 0 Å². The summed E-state index contributed by atoms with van der Waals surface area (Å²) in [6, 6.07) is 5.46. The first-order chi connectivity index (χ1) is 8.93. The molecule has 0 aliphatic heterocycles. The van der Waals surface area contributed by atoms with Gasteiger partial charge in [-0.1, -0.05) is 13.0 Å². The van der Waals surface area contributed by atoms with Gasteiger partial charge in [0.15, 0.2) is 0 Å². The number of amides is 2. The molecule has 5 heteroatoms. The number of nitrogens with zero attached hydrogens (tertiary/aromatic N) is 1. The maximum Gasteiger partial charge on any atom is 0.238 e. The Kier molecular flexibility index (Phi) is 5.51. The van der Waals surface area contributed by atoms with Crippen LogP contribution in [-0.4, -0.2) is 37.4 Å². The lowest BCUT2D eigenvalue weighted by molar-refractivity contribution is -0.117. The van der Waals surface area contributed by atoms with Crippen LogP contribution in [0.3, 0.4) is 0 Å². The van der Waals surface area contributed by atoms with Gasteiger partial charge in [-0.15, -0.1) is 0 Å². The molecular weight excluding hydrogens is 242 g/mol. The number of nitrogens with one attached hydrogen (secondary N) is 2. The standard InChI is InChI=1S/C14H21N3O2/c1-5-13(18)15-11-7-6-8-12(10(11)2)16-14(19)9-17(3)4/h6-8H,5,9H2,1-4H3,(H,15,18)(H,16,19). The first-order valence-electron chi connectivity index (χ1n) is 6.28. The van der Waals surface area contributed by atoms with Crippen molar-refractivity contribution >= 4 is 23.2 Å². The zero-order chi connectivity index (χ0) is 14.4. The van der Waals surface area contributed by atoms with E-state index in [-0.39, 0.29) is 11.8 Å². The Morgan fingerprint density at radius 3 is 2.11 bits per heavy atom. The summed E-state index contributed by atoms with van der Waals surface area (Å²) in [4.78, 5) is 24.9. The molecule has 0 fully saturated rings. The molecule has 1 aromatic carbocycles. The second-order valence-corrected chi connectivity index (χ2v) is 4.67. The van der Waals surface area contributed by atoms with Gasteiger partial charge in [0, 0.05) is 17.8 Å². The highest BCUT2D eigenvalue weighted by atomic mass is 16.2. The van der Waals surface area contributed by atoms with Crippen molar-refractivity contribution in [3.05, 3.63) is 23.8 Å². The molecule has 5 nitrogen and oxygen atoms in total. The Hall–Kier alpha value is -1.88. The minimum Gasteiger partial charge on any atom is -0.326 e. The van der Waals surface area contributed by atoms with Crippen molar-refractivity contribution in [3.8, 4) is 0 Å². The molecule has 0 saturated carbocycles. The third kappa shape index (κ3) is 4.71. The minimum absolute atomic E-state index is 0.0418. The molecule has 2 amide bonds. The van der Waals surface area contributed by atoms with Crippen LogP contribution in [0.2, 0.25) is 0 Å². The summed E-state index contributed by atoms with van der Waals surface area (Å²) < 4.78 is 0. The van der Waals surface area contributed by atoms with Crippen molar-refractivity contribution in [2.45, 2.75) is 20.3 Å². The number of hydrogen-bond acceptors (Lipinski definition) is 3. The molecule has 0 atom stereocenters. The number of hydrogen-bond donors (Lipinski definition) is 2. The Balaban J connectivity index is 2.82. The van der Waals surface area contributed by atoms with Crippen molar-refractivity contribution in [2.24, 2.45) is 0 Å². The van der Waals surface area contributed by atoms with Crippen LogP contribution in [0, 0.1) is 6.92 Å². The Bertz CT molecular complexity index is 470. The molecule has 19 heavy (non-hydrogen) atoms. The van der Waals surface area contributed by atoms with Crippen molar-refractivity contribution in [3.63, 3.8) is 0 Å². The fourth-order valence-electron chi connectivity index (χ4n) is 1.62. The maximum absolute atomic E-state index is 11.7. The average molecular weight is 263 g/mol. The lowest BCUT2D eigenvalue weighted by Crippen LogP contribution is -2.27. The molecule has 1 rings (SSSR count). The second kappa shape index (κ2) is 6.89. The predicted molar refractivity (Wildman–Crippen MR) is 77.3 cm³/mol. The van der Waals surface area contributed by atoms with E-state index in [2.05, 4.69) is 10.6 Å². The van der Waals surface area contributed by atoms with Gasteiger partial charge in [0.1, 0.15) is 0 Å². The molecule has 0 aliphatic rings. The summed E-state index contributed by atoms with van der Waals surface area (Å²) in [7, 11) is 3.68. The molecule has 0 unspecified atom stereocenters. The number of benzene rings is 1. The topological polar surface area (TPSA) is 61.4 Å². The van der Waals surface area contributed by atoms with Crippen LogP contribution in [0.25, 0.3) is 0 Å². The minimum atomic E-state index is -0.0768. The van der Waals surface area contributed by atoms with E-state index >= 15 is 0 Å². The monoisotopic (exact) mass is 263 g/mol. The third-order valence-corrected chi connectivity index (χ3v) is 2.66. The Labute approximate surface area is 114 Å². The number of anilines is 2. The van der Waals surface area contributed by atoms with E-state index in [0.29, 0.717) is 13.0 Å². The number of carbonyl (C=O) groups excluding carboxylic acids is 2. The van der Waals surface area contributed by atoms with Crippen molar-refractivity contribution < 1.29 is 9.59 Å². The summed E-state index contributed by atoms with van der Waals surface area (Å²) in [6.07, 6.45) is 0.427. The largest absolute Gasteiger partial charge is 0.326 e. The Morgan fingerprint density at radius 2 is 1.63 bits per heavy atom. The van der Waals surface area contributed by atoms with Crippen LogP contribution in [0.1, 0.15) is 18.9 Å². The van der Waals surface area contributed by atoms with Crippen LogP contribution in [0.4, 0.5) is 11.4 Å². The number of rotatable bonds is 5. The van der Waals surface area contributed by atoms with E-state index in [4.69, 9.17) is 0 Å². The van der Waals surface area contributed by atoms with Gasteiger partial charge in [0.05, 0.1) is 6.54 Å². The highest BCUT2D eigenvalue weighted by molar-refractivity contribution is 5.96. The van der Waals surface area contributed by atoms with Gasteiger partial charge < -0.3 is 15.5 Å². The SMILES string of the molecule is CCC(=O)Nc1cccc(NC(=O)CN(C)C)c1C. The smallest absolute Gasteiger partial charge is 0.238 e. The summed E-state index contributed by atoms with van der Waals surface area (Å²) >= 11 is 0. The third-order valence-electron chi connectivity index (χ3n) is 2.66. The van der Waals surface area contributed by atoms with Gasteiger partial charge in [0.25, 0.3) is 0 Å². The van der Waals surface area contributed by atoms with E-state index in [1.165, 1.54) is 0 Å². The van der Waals surface area contributed by atoms with Crippen molar-refractivity contribution in [1.82, 2.24) is 4.90 Å². The van der Waals surface area contributed by atoms with E-state index < -0.39 is 0 Å². The molecule has 104 valence electrons. The number of likely N-dealkylation sites (N-methyl/N-ethyl adjacent to an activating group) is 1. The van der Waals surface area contributed by atoms with E-state index in [1.807, 2.05) is 39.2 Å². The molecule has 0 saturated heterocycles. The van der Waals surface area contributed by atoms with Crippen LogP contribution >= 0.6 is 0 Å². The van der Waals surface area contributed by atoms with E-state index in [0.717, 1.165) is 16.9 Å². The second-order valence-electron chi connectivity index (χ2n) is 4.67. The molecule has 0 aliphatic carbocycles. The molecule has 0 bridgehead atoms. The first-order valence-corrected chi connectivity index (χ1v) is 6.28. The predicted octanol–water partition coefficient (Wildman–Crippen LogP) is 1.84. The van der Waals surface area contributed by atoms with Gasteiger partial charge >= 0.3 is 0 Å². The molecule has 0 spiro atoms. The first kappa shape index (κ1) is 15.2. The summed E-state index contributed by atoms with van der Waals surface area (Å²) in [5.74, 6) is -0.119. The zero-order valence-electron chi connectivity index (χ0n) is 11.9. The number of carbonyl (C=O) groups is 2. The average Bonchev–Trinajstić information content (AvgIpc) is 2.33. The maximum atomic E-state index is 11.7. The fourth-order valence-corrected chi connectivity index (χ4v) is 1.62. The summed E-state index contributed by atoms with van der Waals surface area (Å²) in [5.41, 5.74) is 2.31. The van der Waals surface area contributed by atoms with Crippen molar-refractivity contribution in [2.75, 3.05) is 31.3 Å². The van der Waals surface area contributed by atoms with Gasteiger partial charge in [-0.2, -0.15) is 0 Å². The summed E-state index contributed by atoms with van der Waals surface area (Å²) in [6.45, 7) is 3.99. The van der Waals surface area contributed by atoms with Crippen LogP contribution < -0.4 is 10.6 Å². The Morgan fingerprint density at radius 1 is 1.11 bits per heavy atom. The van der Waals surface area contributed by atoms with Gasteiger partial charge in [-0.3, -0.25) is 9.59 Å². The van der Waals surface area contributed by atoms with Gasteiger partial charge in [-0.25, -0.2) is 0 Å². The van der Waals surface area contributed by atoms with Crippen LogP contribution in [0.15, 0.2) is 18.2 Å². The molecule has 0 aromatic heterocycles. The van der Waals surface area contributed by atoms with Crippen LogP contribution in [-0.2, 0) is 9.59 Å². The van der Waals surface area contributed by atoms with Gasteiger partial charge in [0.2, 0.25) is 11.8 Å². The van der Waals surface area contributed by atoms with Gasteiger partial charge in [-0.05, 0) is 38.7 Å². The fraction of sp³-hybridized carbons (Fsp3) is 0.429. The molecular formula is C14H21N3O2. The normalized spacial score (nSPS) is 10.4. The highest BCUT2D eigenvalue weighted by Gasteiger charge is 2.09.